The molecule has 0 amide bonds. The number of hydrogen-bond acceptors (Lipinski definition) is 1. The Morgan fingerprint density at radius 3 is 2.47 bits per heavy atom. The van der Waals surface area contributed by atoms with E-state index in [0.29, 0.717) is 5.41 Å². The van der Waals surface area contributed by atoms with Crippen molar-refractivity contribution in [3.63, 3.8) is 0 Å². The fourth-order valence-corrected chi connectivity index (χ4v) is 2.54. The predicted octanol–water partition coefficient (Wildman–Crippen LogP) is 4.58. The zero-order chi connectivity index (χ0) is 11.5. The molecule has 1 N–H and O–H groups in total. The average Bonchev–Trinajstić information content (AvgIpc) is 2.11. The molecule has 1 aliphatic rings. The van der Waals surface area contributed by atoms with Crippen LogP contribution in [-0.2, 0) is 0 Å². The van der Waals surface area contributed by atoms with Crippen LogP contribution in [0.2, 0.25) is 0 Å². The van der Waals surface area contributed by atoms with E-state index in [1.807, 2.05) is 6.08 Å². The lowest BCUT2D eigenvalue weighted by molar-refractivity contribution is 0.0916. The molecule has 0 aliphatic heterocycles. The molecule has 1 fully saturated rings. The lowest BCUT2D eigenvalue weighted by atomic mass is 9.63. The molecule has 0 unspecified atom stereocenters. The van der Waals surface area contributed by atoms with Crippen LogP contribution in [0.25, 0.3) is 0 Å². The fraction of sp³-hybridized carbons (Fsp3) is 0.786. The van der Waals surface area contributed by atoms with E-state index in [2.05, 4.69) is 27.7 Å². The first-order valence-electron chi connectivity index (χ1n) is 6.17. The lowest BCUT2D eigenvalue weighted by Gasteiger charge is -2.42. The van der Waals surface area contributed by atoms with E-state index in [9.17, 15) is 0 Å². The molecule has 0 aromatic rings. The van der Waals surface area contributed by atoms with Gasteiger partial charge in [0.15, 0.2) is 0 Å². The van der Waals surface area contributed by atoms with E-state index in [1.165, 1.54) is 24.8 Å². The largest absolute Gasteiger partial charge is 0.305 e. The van der Waals surface area contributed by atoms with Crippen LogP contribution in [0.3, 0.4) is 0 Å². The van der Waals surface area contributed by atoms with Gasteiger partial charge in [0, 0.05) is 5.71 Å². The maximum absolute atomic E-state index is 7.84. The van der Waals surface area contributed by atoms with Gasteiger partial charge in [-0.25, -0.2) is 0 Å². The number of allylic oxidation sites excluding steroid dienone is 2. The Morgan fingerprint density at radius 2 is 2.00 bits per heavy atom. The van der Waals surface area contributed by atoms with Crippen LogP contribution in [-0.4, -0.2) is 5.71 Å². The van der Waals surface area contributed by atoms with E-state index in [4.69, 9.17) is 5.41 Å². The van der Waals surface area contributed by atoms with Crippen molar-refractivity contribution in [1.82, 2.24) is 0 Å². The van der Waals surface area contributed by atoms with Crippen LogP contribution in [0.15, 0.2) is 11.6 Å². The summed E-state index contributed by atoms with van der Waals surface area (Å²) in [4.78, 5) is 0. The van der Waals surface area contributed by atoms with E-state index < -0.39 is 0 Å². The molecule has 1 heteroatoms. The third-order valence-corrected chi connectivity index (χ3v) is 3.48. The molecule has 0 saturated heterocycles. The molecule has 1 nitrogen and oxygen atoms in total. The highest BCUT2D eigenvalue weighted by Gasteiger charge is 2.35. The van der Waals surface area contributed by atoms with Gasteiger partial charge >= 0.3 is 0 Å². The van der Waals surface area contributed by atoms with Crippen LogP contribution in [0, 0.1) is 16.7 Å². The number of hydrogen-bond donors (Lipinski definition) is 1. The second-order valence-corrected chi connectivity index (χ2v) is 5.85. The molecule has 0 bridgehead atoms. The van der Waals surface area contributed by atoms with Crippen LogP contribution in [0.4, 0.5) is 0 Å². The predicted molar refractivity (Wildman–Crippen MR) is 67.5 cm³/mol. The molecule has 0 atom stereocenters. The van der Waals surface area contributed by atoms with Crippen LogP contribution < -0.4 is 0 Å². The Bertz CT molecular complexity index is 253. The highest BCUT2D eigenvalue weighted by atomic mass is 14.4. The van der Waals surface area contributed by atoms with Gasteiger partial charge in [0.05, 0.1) is 0 Å². The Hall–Kier alpha value is -0.590. The molecule has 0 heterocycles. The van der Waals surface area contributed by atoms with Crippen LogP contribution >= 0.6 is 0 Å². The van der Waals surface area contributed by atoms with Gasteiger partial charge in [0.2, 0.25) is 0 Å². The smallest absolute Gasteiger partial charge is 0.0313 e. The maximum Gasteiger partial charge on any atom is 0.0313 e. The molecule has 0 spiro atoms. The summed E-state index contributed by atoms with van der Waals surface area (Å²) in [5.41, 5.74) is 2.73. The molecule has 15 heavy (non-hydrogen) atoms. The van der Waals surface area contributed by atoms with Crippen molar-refractivity contribution in [3.05, 3.63) is 11.6 Å². The van der Waals surface area contributed by atoms with Gasteiger partial charge in [0.25, 0.3) is 0 Å². The van der Waals surface area contributed by atoms with E-state index >= 15 is 0 Å². The SMILES string of the molecule is CC/C(C)=C/C(=N)CCC1CC(C)(C)C1. The summed E-state index contributed by atoms with van der Waals surface area (Å²) in [6.07, 6.45) is 8.02. The third-order valence-electron chi connectivity index (χ3n) is 3.48. The minimum Gasteiger partial charge on any atom is -0.305 e. The monoisotopic (exact) mass is 207 g/mol. The second kappa shape index (κ2) is 4.96. The zero-order valence-corrected chi connectivity index (χ0v) is 10.7. The number of rotatable bonds is 5. The fourth-order valence-electron chi connectivity index (χ4n) is 2.54. The molecule has 1 rings (SSSR count). The first kappa shape index (κ1) is 12.5. The molecular formula is C14H25N. The van der Waals surface area contributed by atoms with Crippen molar-refractivity contribution in [1.29, 1.82) is 5.41 Å². The van der Waals surface area contributed by atoms with Gasteiger partial charge < -0.3 is 5.41 Å². The summed E-state index contributed by atoms with van der Waals surface area (Å²) in [5, 5.41) is 7.84. The normalized spacial score (nSPS) is 21.2. The van der Waals surface area contributed by atoms with Gasteiger partial charge in [-0.1, -0.05) is 26.3 Å². The molecule has 0 radical (unpaired) electrons. The summed E-state index contributed by atoms with van der Waals surface area (Å²) in [5.74, 6) is 0.885. The Kier molecular flexibility index (Phi) is 4.12. The summed E-state index contributed by atoms with van der Waals surface area (Å²) in [6.45, 7) is 8.94. The Balaban J connectivity index is 2.19. The van der Waals surface area contributed by atoms with Crippen molar-refractivity contribution in [2.24, 2.45) is 11.3 Å². The van der Waals surface area contributed by atoms with Crippen LogP contribution in [0.5, 0.6) is 0 Å². The lowest BCUT2D eigenvalue weighted by Crippen LogP contribution is -2.31. The summed E-state index contributed by atoms with van der Waals surface area (Å²) >= 11 is 0. The van der Waals surface area contributed by atoms with Gasteiger partial charge in [-0.3, -0.25) is 0 Å². The second-order valence-electron chi connectivity index (χ2n) is 5.85. The third kappa shape index (κ3) is 4.19. The molecular weight excluding hydrogens is 182 g/mol. The topological polar surface area (TPSA) is 23.9 Å². The Morgan fingerprint density at radius 1 is 1.40 bits per heavy atom. The first-order valence-corrected chi connectivity index (χ1v) is 6.17. The summed E-state index contributed by atoms with van der Waals surface area (Å²) in [6, 6.07) is 0. The minimum absolute atomic E-state index is 0.585. The highest BCUT2D eigenvalue weighted by Crippen LogP contribution is 2.46. The molecule has 86 valence electrons. The quantitative estimate of drug-likeness (QED) is 0.638. The van der Waals surface area contributed by atoms with Crippen molar-refractivity contribution >= 4 is 5.71 Å². The van der Waals surface area contributed by atoms with Gasteiger partial charge in [-0.05, 0) is 56.4 Å². The summed E-state index contributed by atoms with van der Waals surface area (Å²) < 4.78 is 0. The van der Waals surface area contributed by atoms with E-state index in [1.54, 1.807) is 0 Å². The molecule has 1 aliphatic carbocycles. The van der Waals surface area contributed by atoms with Crippen molar-refractivity contribution in [2.75, 3.05) is 0 Å². The maximum atomic E-state index is 7.84. The van der Waals surface area contributed by atoms with Gasteiger partial charge in [-0.2, -0.15) is 0 Å². The van der Waals surface area contributed by atoms with E-state index in [-0.39, 0.29) is 0 Å². The van der Waals surface area contributed by atoms with Crippen molar-refractivity contribution in [2.45, 2.75) is 59.8 Å². The van der Waals surface area contributed by atoms with E-state index in [0.717, 1.165) is 24.5 Å². The van der Waals surface area contributed by atoms with Crippen molar-refractivity contribution in [3.8, 4) is 0 Å². The molecule has 1 saturated carbocycles. The van der Waals surface area contributed by atoms with Gasteiger partial charge in [0.1, 0.15) is 0 Å². The Labute approximate surface area is 94.5 Å². The van der Waals surface area contributed by atoms with Crippen molar-refractivity contribution < 1.29 is 0 Å². The van der Waals surface area contributed by atoms with Gasteiger partial charge in [-0.15, -0.1) is 0 Å². The number of nitrogens with one attached hydrogen (secondary N) is 1. The first-order chi connectivity index (χ1) is 6.93. The molecule has 0 aromatic carbocycles. The van der Waals surface area contributed by atoms with Crippen LogP contribution in [0.1, 0.15) is 59.8 Å². The standard InChI is InChI=1S/C14H25N/c1-5-11(2)8-13(15)7-6-12-9-14(3,4)10-12/h8,12,15H,5-7,9-10H2,1-4H3/b11-8+,15-13?. The average molecular weight is 207 g/mol. The zero-order valence-electron chi connectivity index (χ0n) is 10.7. The minimum atomic E-state index is 0.585. The highest BCUT2D eigenvalue weighted by molar-refractivity contribution is 5.92. The summed E-state index contributed by atoms with van der Waals surface area (Å²) in [7, 11) is 0. The molecule has 0 aromatic heterocycles.